The van der Waals surface area contributed by atoms with E-state index in [4.69, 9.17) is 32.7 Å². The number of rotatable bonds is 15. The van der Waals surface area contributed by atoms with E-state index >= 15 is 0 Å². The van der Waals surface area contributed by atoms with E-state index in [1.54, 1.807) is 48.6 Å². The summed E-state index contributed by atoms with van der Waals surface area (Å²) >= 11 is 12.8. The highest BCUT2D eigenvalue weighted by Gasteiger charge is 2.26. The number of sulfonamides is 1. The second-order valence-electron chi connectivity index (χ2n) is 10.4. The minimum Gasteiger partial charge on any atom is -0.489 e. The maximum atomic E-state index is 13.2. The average Bonchev–Trinajstić information content (AvgIpc) is 3.74. The molecule has 0 aliphatic heterocycles. The van der Waals surface area contributed by atoms with E-state index < -0.39 is 28.7 Å². The van der Waals surface area contributed by atoms with Gasteiger partial charge in [-0.3, -0.25) is 14.4 Å². The molecule has 1 aliphatic rings. The molecule has 0 amide bonds. The van der Waals surface area contributed by atoms with Gasteiger partial charge in [0, 0.05) is 24.2 Å². The summed E-state index contributed by atoms with van der Waals surface area (Å²) in [5.41, 5.74) is 2.29. The first-order chi connectivity index (χ1) is 20.4. The molecule has 1 aromatic heterocycles. The largest absolute Gasteiger partial charge is 0.489 e. The summed E-state index contributed by atoms with van der Waals surface area (Å²) < 4.78 is 67.8. The van der Waals surface area contributed by atoms with Crippen molar-refractivity contribution in [2.75, 3.05) is 31.2 Å². The van der Waals surface area contributed by atoms with Crippen LogP contribution < -0.4 is 19.2 Å². The molecule has 0 bridgehead atoms. The lowest BCUT2D eigenvalue weighted by atomic mass is 10.0. The Morgan fingerprint density at radius 2 is 1.77 bits per heavy atom. The van der Waals surface area contributed by atoms with Crippen LogP contribution in [0.15, 0.2) is 54.9 Å². The molecule has 3 aromatic rings. The van der Waals surface area contributed by atoms with Crippen LogP contribution >= 0.6 is 23.2 Å². The van der Waals surface area contributed by atoms with Crippen molar-refractivity contribution in [2.24, 2.45) is 5.92 Å². The minimum absolute atomic E-state index is 0.0819. The predicted octanol–water partition coefficient (Wildman–Crippen LogP) is 5.53. The number of aromatic nitrogens is 1. The zero-order chi connectivity index (χ0) is 31.1. The summed E-state index contributed by atoms with van der Waals surface area (Å²) in [5, 5.41) is 0.671. The Labute approximate surface area is 259 Å². The molecule has 232 valence electrons. The van der Waals surface area contributed by atoms with Crippen LogP contribution in [0, 0.1) is 5.92 Å². The highest BCUT2D eigenvalue weighted by molar-refractivity contribution is 7.92. The Morgan fingerprint density at radius 1 is 1.09 bits per heavy atom. The summed E-state index contributed by atoms with van der Waals surface area (Å²) in [6, 6.07) is 11.2. The normalized spacial score (nSPS) is 14.0. The molecule has 2 aromatic carbocycles. The van der Waals surface area contributed by atoms with Crippen LogP contribution in [0.3, 0.4) is 0 Å². The molecule has 2 N–H and O–H groups in total. The van der Waals surface area contributed by atoms with E-state index in [0.717, 1.165) is 24.7 Å². The Morgan fingerprint density at radius 3 is 2.37 bits per heavy atom. The second kappa shape index (κ2) is 14.5. The molecular weight excluding hydrogens is 627 g/mol. The van der Waals surface area contributed by atoms with Crippen molar-refractivity contribution in [1.29, 1.82) is 0 Å². The van der Waals surface area contributed by atoms with Crippen molar-refractivity contribution in [3.8, 4) is 11.5 Å². The number of nitrogens with one attached hydrogen (secondary N) is 2. The Hall–Kier alpha value is -3.19. The Bertz CT molecular complexity index is 1500. The van der Waals surface area contributed by atoms with Crippen molar-refractivity contribution in [1.82, 2.24) is 4.90 Å². The molecular formula is C29H32Cl2F2N3O6S+. The first kappa shape index (κ1) is 32.7. The second-order valence-corrected chi connectivity index (χ2v) is 13.0. The maximum Gasteiger partial charge on any atom is 0.387 e. The zero-order valence-electron chi connectivity index (χ0n) is 23.5. The van der Waals surface area contributed by atoms with E-state index in [9.17, 15) is 22.0 Å². The van der Waals surface area contributed by atoms with Crippen LogP contribution in [-0.2, 0) is 32.5 Å². The lowest BCUT2D eigenvalue weighted by Crippen LogP contribution is -2.28. The zero-order valence-corrected chi connectivity index (χ0v) is 25.8. The fourth-order valence-electron chi connectivity index (χ4n) is 4.28. The number of carbonyl (C=O) groups is 1. The number of anilines is 1. The number of benzene rings is 2. The molecule has 0 unspecified atom stereocenters. The van der Waals surface area contributed by atoms with Gasteiger partial charge in [-0.05, 0) is 61.2 Å². The van der Waals surface area contributed by atoms with Crippen molar-refractivity contribution < 1.29 is 41.2 Å². The lowest BCUT2D eigenvalue weighted by Gasteiger charge is -2.23. The summed E-state index contributed by atoms with van der Waals surface area (Å²) in [6.07, 6.45) is 5.40. The van der Waals surface area contributed by atoms with Crippen molar-refractivity contribution in [3.05, 3.63) is 81.6 Å². The predicted molar refractivity (Wildman–Crippen MR) is 158 cm³/mol. The minimum atomic E-state index is -3.39. The molecule has 0 saturated heterocycles. The molecule has 43 heavy (non-hydrogen) atoms. The Kier molecular flexibility index (Phi) is 11.0. The smallest absolute Gasteiger partial charge is 0.387 e. The van der Waals surface area contributed by atoms with E-state index in [2.05, 4.69) is 14.4 Å². The topological polar surface area (TPSA) is 108 Å². The van der Waals surface area contributed by atoms with Gasteiger partial charge in [0.05, 0.1) is 19.4 Å². The molecule has 1 saturated carbocycles. The fourth-order valence-corrected chi connectivity index (χ4v) is 5.38. The van der Waals surface area contributed by atoms with Gasteiger partial charge >= 0.3 is 12.6 Å². The van der Waals surface area contributed by atoms with E-state index in [-0.39, 0.29) is 24.5 Å². The van der Waals surface area contributed by atoms with Gasteiger partial charge in [0.2, 0.25) is 10.0 Å². The van der Waals surface area contributed by atoms with Crippen LogP contribution in [0.1, 0.15) is 35.6 Å². The number of hydrogen-bond acceptors (Lipinski definition) is 7. The number of hydrogen-bond donors (Lipinski definition) is 1. The molecule has 1 aliphatic carbocycles. The van der Waals surface area contributed by atoms with Crippen LogP contribution in [0.5, 0.6) is 11.5 Å². The third kappa shape index (κ3) is 10.5. The molecule has 14 heteroatoms. The van der Waals surface area contributed by atoms with E-state index in [0.29, 0.717) is 45.9 Å². The number of halogens is 4. The number of alkyl halides is 2. The van der Waals surface area contributed by atoms with Gasteiger partial charge in [-0.25, -0.2) is 13.4 Å². The SMILES string of the molecule is CN(CC(=O)O[C@@H](Cc1c(Cl)c[nH+]cc1Cl)c1ccc(OC(F)F)c(OCC2CC2)c1)Cc1ccc(NS(C)(=O)=O)cc1. The van der Waals surface area contributed by atoms with Crippen LogP contribution in [-0.4, -0.2) is 52.4 Å². The molecule has 1 fully saturated rings. The van der Waals surface area contributed by atoms with Gasteiger partial charge in [0.15, 0.2) is 23.9 Å². The van der Waals surface area contributed by atoms with Gasteiger partial charge < -0.3 is 14.2 Å². The van der Waals surface area contributed by atoms with Gasteiger partial charge in [0.25, 0.3) is 0 Å². The molecule has 0 spiro atoms. The van der Waals surface area contributed by atoms with Crippen molar-refractivity contribution in [3.63, 3.8) is 0 Å². The first-order valence-corrected chi connectivity index (χ1v) is 16.0. The van der Waals surface area contributed by atoms with Crippen LogP contribution in [0.4, 0.5) is 14.5 Å². The number of nitrogens with zero attached hydrogens (tertiary/aromatic N) is 1. The third-order valence-electron chi connectivity index (χ3n) is 6.50. The monoisotopic (exact) mass is 658 g/mol. The number of pyridine rings is 1. The highest BCUT2D eigenvalue weighted by atomic mass is 35.5. The fraction of sp³-hybridized carbons (Fsp3) is 0.379. The number of ether oxygens (including phenoxy) is 3. The molecule has 9 nitrogen and oxygen atoms in total. The molecule has 1 atom stereocenters. The summed E-state index contributed by atoms with van der Waals surface area (Å²) in [5.74, 6) is -0.189. The van der Waals surface area contributed by atoms with E-state index in [1.807, 2.05) is 0 Å². The summed E-state index contributed by atoms with van der Waals surface area (Å²) in [7, 11) is -1.66. The molecule has 1 heterocycles. The Balaban J connectivity index is 1.51. The number of H-pyrrole nitrogens is 1. The average molecular weight is 660 g/mol. The summed E-state index contributed by atoms with van der Waals surface area (Å²) in [6.45, 7) is -2.38. The van der Waals surface area contributed by atoms with Crippen molar-refractivity contribution in [2.45, 2.75) is 38.5 Å². The van der Waals surface area contributed by atoms with Gasteiger partial charge in [-0.15, -0.1) is 0 Å². The van der Waals surface area contributed by atoms with E-state index in [1.165, 1.54) is 18.2 Å². The number of esters is 1. The first-order valence-electron chi connectivity index (χ1n) is 13.4. The van der Waals surface area contributed by atoms with Gasteiger partial charge in [-0.1, -0.05) is 41.4 Å². The van der Waals surface area contributed by atoms with Gasteiger partial charge in [-0.2, -0.15) is 8.78 Å². The lowest BCUT2D eigenvalue weighted by molar-refractivity contribution is -0.377. The van der Waals surface area contributed by atoms with Gasteiger partial charge in [0.1, 0.15) is 16.1 Å². The van der Waals surface area contributed by atoms with Crippen LogP contribution in [0.2, 0.25) is 10.0 Å². The third-order valence-corrected chi connectivity index (χ3v) is 7.78. The number of carbonyl (C=O) groups excluding carboxylic acids is 1. The summed E-state index contributed by atoms with van der Waals surface area (Å²) in [4.78, 5) is 17.7. The maximum absolute atomic E-state index is 13.2. The van der Waals surface area contributed by atoms with Crippen LogP contribution in [0.25, 0.3) is 0 Å². The standard InChI is InChI=1S/C29H31Cl2F2N3O6S/c1-36(15-18-5-8-21(9-6-18)35-43(2,38)39)16-28(37)41-26(12-22-23(30)13-34-14-24(22)31)20-7-10-25(42-29(32)33)27(11-20)40-17-19-3-4-19/h5-11,13-14,19,26,29,35H,3-4,12,15-17H2,1-2H3/p+1/t26-/m0/s1. The number of likely N-dealkylation sites (N-methyl/N-ethyl adjacent to an activating group) is 1. The quantitative estimate of drug-likeness (QED) is 0.214. The molecule has 4 rings (SSSR count). The number of aromatic amines is 1. The van der Waals surface area contributed by atoms with Crippen molar-refractivity contribution >= 4 is 44.9 Å². The highest BCUT2D eigenvalue weighted by Crippen LogP contribution is 2.37. The molecule has 0 radical (unpaired) electrons.